The van der Waals surface area contributed by atoms with Gasteiger partial charge in [-0.15, -0.1) is 0 Å². The molecule has 0 unspecified atom stereocenters. The van der Waals surface area contributed by atoms with Crippen molar-refractivity contribution in [2.45, 2.75) is 32.6 Å². The highest BCUT2D eigenvalue weighted by molar-refractivity contribution is 9.10. The average molecular weight is 373 g/mol. The summed E-state index contributed by atoms with van der Waals surface area (Å²) in [6, 6.07) is 3.81. The first kappa shape index (κ1) is 16.6. The van der Waals surface area contributed by atoms with Gasteiger partial charge in [0, 0.05) is 21.5 Å². The van der Waals surface area contributed by atoms with Crippen molar-refractivity contribution >= 4 is 27.7 Å². The van der Waals surface area contributed by atoms with Gasteiger partial charge in [0.1, 0.15) is 17.4 Å². The number of rotatable bonds is 3. The lowest BCUT2D eigenvalue weighted by Crippen LogP contribution is -2.16. The molecule has 0 atom stereocenters. The normalized spacial score (nSPS) is 11.5. The molecule has 0 saturated carbocycles. The van der Waals surface area contributed by atoms with Crippen LogP contribution < -0.4 is 5.32 Å². The van der Waals surface area contributed by atoms with E-state index in [4.69, 9.17) is 4.52 Å². The van der Waals surface area contributed by atoms with Crippen LogP contribution in [-0.2, 0) is 16.6 Å². The van der Waals surface area contributed by atoms with Gasteiger partial charge in [0.15, 0.2) is 5.82 Å². The molecule has 2 aromatic rings. The summed E-state index contributed by atoms with van der Waals surface area (Å²) in [5.41, 5.74) is -0.542. The quantitative estimate of drug-likeness (QED) is 0.878. The summed E-state index contributed by atoms with van der Waals surface area (Å²) in [6.45, 7) is 5.81. The summed E-state index contributed by atoms with van der Waals surface area (Å²) in [4.78, 5) is 11.9. The molecule has 1 aromatic heterocycles. The number of aromatic nitrogens is 1. The number of halogens is 3. The van der Waals surface area contributed by atoms with E-state index >= 15 is 0 Å². The fraction of sp³-hybridized carbons (Fsp3) is 0.333. The Morgan fingerprint density at radius 1 is 1.27 bits per heavy atom. The molecule has 7 heteroatoms. The Balaban J connectivity index is 2.09. The van der Waals surface area contributed by atoms with Crippen molar-refractivity contribution in [3.63, 3.8) is 0 Å². The van der Waals surface area contributed by atoms with Crippen LogP contribution in [0.4, 0.5) is 14.6 Å². The molecule has 0 spiro atoms. The zero-order chi connectivity index (χ0) is 16.5. The SMILES string of the molecule is CC(C)(C)c1cc(NC(=O)Cc2c(F)cc(Br)cc2F)no1. The summed E-state index contributed by atoms with van der Waals surface area (Å²) < 4.78 is 32.8. The van der Waals surface area contributed by atoms with Crippen LogP contribution in [0.15, 0.2) is 27.2 Å². The molecule has 1 aromatic carbocycles. The van der Waals surface area contributed by atoms with Gasteiger partial charge < -0.3 is 9.84 Å². The van der Waals surface area contributed by atoms with E-state index < -0.39 is 24.0 Å². The lowest BCUT2D eigenvalue weighted by atomic mass is 9.93. The Morgan fingerprint density at radius 3 is 2.36 bits per heavy atom. The van der Waals surface area contributed by atoms with E-state index in [1.807, 2.05) is 20.8 Å². The van der Waals surface area contributed by atoms with Crippen LogP contribution in [0.1, 0.15) is 32.1 Å². The standard InChI is InChI=1S/C15H15BrF2N2O2/c1-15(2,3)12-7-13(20-22-12)19-14(21)6-9-10(17)4-8(16)5-11(9)18/h4-5,7H,6H2,1-3H3,(H,19,20,21). The molecule has 2 rings (SSSR count). The molecule has 0 aliphatic carbocycles. The number of hydrogen-bond donors (Lipinski definition) is 1. The van der Waals surface area contributed by atoms with Crippen LogP contribution in [-0.4, -0.2) is 11.1 Å². The highest BCUT2D eigenvalue weighted by atomic mass is 79.9. The first-order valence-corrected chi connectivity index (χ1v) is 7.36. The van der Waals surface area contributed by atoms with Gasteiger partial charge in [0.25, 0.3) is 0 Å². The maximum atomic E-state index is 13.7. The number of benzene rings is 1. The number of amides is 1. The molecular formula is C15H15BrF2N2O2. The summed E-state index contributed by atoms with van der Waals surface area (Å²) >= 11 is 2.99. The number of carbonyl (C=O) groups is 1. The summed E-state index contributed by atoms with van der Waals surface area (Å²) in [7, 11) is 0. The Bertz CT molecular complexity index is 685. The molecule has 0 aliphatic rings. The molecule has 22 heavy (non-hydrogen) atoms. The number of anilines is 1. The number of nitrogens with one attached hydrogen (secondary N) is 1. The molecule has 0 saturated heterocycles. The van der Waals surface area contributed by atoms with E-state index in [0.29, 0.717) is 5.76 Å². The van der Waals surface area contributed by atoms with E-state index in [0.717, 1.165) is 12.1 Å². The van der Waals surface area contributed by atoms with Crippen molar-refractivity contribution in [1.82, 2.24) is 5.16 Å². The van der Waals surface area contributed by atoms with Crippen LogP contribution in [0.3, 0.4) is 0 Å². The molecule has 118 valence electrons. The summed E-state index contributed by atoms with van der Waals surface area (Å²) in [6.07, 6.45) is -0.428. The molecule has 0 fully saturated rings. The lowest BCUT2D eigenvalue weighted by molar-refractivity contribution is -0.115. The van der Waals surface area contributed by atoms with Gasteiger partial charge in [0.2, 0.25) is 5.91 Å². The third kappa shape index (κ3) is 3.91. The Hall–Kier alpha value is -1.76. The Kier molecular flexibility index (Phi) is 4.65. The lowest BCUT2D eigenvalue weighted by Gasteiger charge is -2.12. The number of hydrogen-bond acceptors (Lipinski definition) is 3. The average Bonchev–Trinajstić information content (AvgIpc) is 2.82. The Morgan fingerprint density at radius 2 is 1.86 bits per heavy atom. The predicted molar refractivity (Wildman–Crippen MR) is 81.6 cm³/mol. The third-order valence-electron chi connectivity index (χ3n) is 2.96. The van der Waals surface area contributed by atoms with Crippen molar-refractivity contribution in [1.29, 1.82) is 0 Å². The van der Waals surface area contributed by atoms with Gasteiger partial charge >= 0.3 is 0 Å². The maximum absolute atomic E-state index is 13.7. The van der Waals surface area contributed by atoms with Crippen molar-refractivity contribution in [3.05, 3.63) is 45.6 Å². The predicted octanol–water partition coefficient (Wildman–Crippen LogP) is 4.19. The molecule has 0 radical (unpaired) electrons. The molecule has 1 amide bonds. The maximum Gasteiger partial charge on any atom is 0.230 e. The molecule has 0 aliphatic heterocycles. The van der Waals surface area contributed by atoms with Crippen molar-refractivity contribution in [3.8, 4) is 0 Å². The fourth-order valence-electron chi connectivity index (χ4n) is 1.78. The molecule has 0 bridgehead atoms. The van der Waals surface area contributed by atoms with E-state index in [-0.39, 0.29) is 21.3 Å². The summed E-state index contributed by atoms with van der Waals surface area (Å²) in [5.74, 6) is -1.32. The second-order valence-corrected chi connectivity index (χ2v) is 6.82. The second-order valence-electron chi connectivity index (χ2n) is 5.90. The van der Waals surface area contributed by atoms with E-state index in [2.05, 4.69) is 26.4 Å². The minimum atomic E-state index is -0.780. The zero-order valence-corrected chi connectivity index (χ0v) is 13.9. The third-order valence-corrected chi connectivity index (χ3v) is 3.42. The molecule has 1 heterocycles. The van der Waals surface area contributed by atoms with Crippen molar-refractivity contribution in [2.75, 3.05) is 5.32 Å². The van der Waals surface area contributed by atoms with Crippen LogP contribution in [0.5, 0.6) is 0 Å². The van der Waals surface area contributed by atoms with Gasteiger partial charge in [-0.25, -0.2) is 8.78 Å². The van der Waals surface area contributed by atoms with Crippen LogP contribution in [0.25, 0.3) is 0 Å². The van der Waals surface area contributed by atoms with Crippen LogP contribution in [0, 0.1) is 11.6 Å². The Labute approximate surface area is 135 Å². The van der Waals surface area contributed by atoms with Crippen molar-refractivity contribution < 1.29 is 18.1 Å². The molecule has 4 nitrogen and oxygen atoms in total. The van der Waals surface area contributed by atoms with Gasteiger partial charge in [-0.3, -0.25) is 4.79 Å². The van der Waals surface area contributed by atoms with Gasteiger partial charge in [-0.2, -0.15) is 0 Å². The first-order valence-electron chi connectivity index (χ1n) is 6.57. The minimum Gasteiger partial charge on any atom is -0.359 e. The van der Waals surface area contributed by atoms with Crippen molar-refractivity contribution in [2.24, 2.45) is 0 Å². The molecular weight excluding hydrogens is 358 g/mol. The monoisotopic (exact) mass is 372 g/mol. The highest BCUT2D eigenvalue weighted by Gasteiger charge is 2.21. The second kappa shape index (κ2) is 6.16. The van der Waals surface area contributed by atoms with E-state index in [9.17, 15) is 13.6 Å². The largest absolute Gasteiger partial charge is 0.359 e. The zero-order valence-electron chi connectivity index (χ0n) is 12.3. The fourth-order valence-corrected chi connectivity index (χ4v) is 2.18. The topological polar surface area (TPSA) is 55.1 Å². The molecule has 1 N–H and O–H groups in total. The summed E-state index contributed by atoms with van der Waals surface area (Å²) in [5, 5.41) is 6.18. The number of carbonyl (C=O) groups excluding carboxylic acids is 1. The minimum absolute atomic E-state index is 0.216. The van der Waals surface area contributed by atoms with Crippen LogP contribution in [0.2, 0.25) is 0 Å². The smallest absolute Gasteiger partial charge is 0.230 e. The number of nitrogens with zero attached hydrogens (tertiary/aromatic N) is 1. The van der Waals surface area contributed by atoms with E-state index in [1.54, 1.807) is 6.07 Å². The van der Waals surface area contributed by atoms with E-state index in [1.165, 1.54) is 0 Å². The van der Waals surface area contributed by atoms with Gasteiger partial charge in [0.05, 0.1) is 6.42 Å². The first-order chi connectivity index (χ1) is 10.2. The van der Waals surface area contributed by atoms with Gasteiger partial charge in [-0.1, -0.05) is 41.9 Å². The van der Waals surface area contributed by atoms with Gasteiger partial charge in [-0.05, 0) is 12.1 Å². The highest BCUT2D eigenvalue weighted by Crippen LogP contribution is 2.25. The van der Waals surface area contributed by atoms with Crippen LogP contribution >= 0.6 is 15.9 Å².